The first-order chi connectivity index (χ1) is 9.79. The van der Waals surface area contributed by atoms with E-state index in [2.05, 4.69) is 20.7 Å². The van der Waals surface area contributed by atoms with E-state index in [4.69, 9.17) is 11.6 Å². The summed E-state index contributed by atoms with van der Waals surface area (Å²) in [7, 11) is -3.86. The zero-order chi connectivity index (χ0) is 15.6. The van der Waals surface area contributed by atoms with Gasteiger partial charge in [0.25, 0.3) is 0 Å². The molecular weight excluding hydrogens is 388 g/mol. The van der Waals surface area contributed by atoms with Crippen LogP contribution in [0.1, 0.15) is 5.56 Å². The van der Waals surface area contributed by atoms with Gasteiger partial charge < -0.3 is 0 Å². The van der Waals surface area contributed by atoms with Gasteiger partial charge in [0.15, 0.2) is 0 Å². The van der Waals surface area contributed by atoms with Crippen molar-refractivity contribution in [2.75, 3.05) is 0 Å². The maximum absolute atomic E-state index is 13.4. The van der Waals surface area contributed by atoms with E-state index in [0.717, 1.165) is 18.2 Å². The molecule has 0 unspecified atom stereocenters. The van der Waals surface area contributed by atoms with E-state index in [-0.39, 0.29) is 17.0 Å². The van der Waals surface area contributed by atoms with E-state index >= 15 is 0 Å². The number of hydrogen-bond acceptors (Lipinski definition) is 2. The average Bonchev–Trinajstić information content (AvgIpc) is 2.43. The van der Waals surface area contributed by atoms with E-state index in [1.165, 1.54) is 18.2 Å². The molecule has 0 aliphatic rings. The fraction of sp³-hybridized carbons (Fsp3) is 0.0769. The molecule has 1 N–H and O–H groups in total. The number of hydrogen-bond donors (Lipinski definition) is 1. The Morgan fingerprint density at radius 2 is 1.86 bits per heavy atom. The predicted octanol–water partition coefficient (Wildman–Crippen LogP) is 3.86. The van der Waals surface area contributed by atoms with Gasteiger partial charge in [-0.15, -0.1) is 0 Å². The lowest BCUT2D eigenvalue weighted by molar-refractivity contribution is 0.567. The molecule has 0 fully saturated rings. The number of rotatable bonds is 4. The number of halogens is 4. The Hall–Kier alpha value is -1.02. The molecule has 2 rings (SSSR count). The van der Waals surface area contributed by atoms with Gasteiger partial charge in [0.05, 0.1) is 9.92 Å². The van der Waals surface area contributed by atoms with Crippen LogP contribution in [0.4, 0.5) is 8.78 Å². The van der Waals surface area contributed by atoms with Gasteiger partial charge in [-0.05, 0) is 52.3 Å². The van der Waals surface area contributed by atoms with Gasteiger partial charge in [0, 0.05) is 16.6 Å². The van der Waals surface area contributed by atoms with Crippen LogP contribution in [0, 0.1) is 11.6 Å². The number of benzene rings is 2. The molecule has 21 heavy (non-hydrogen) atoms. The van der Waals surface area contributed by atoms with Crippen molar-refractivity contribution in [3.05, 3.63) is 63.1 Å². The lowest BCUT2D eigenvalue weighted by Gasteiger charge is -2.08. The van der Waals surface area contributed by atoms with Crippen LogP contribution >= 0.6 is 27.5 Å². The first-order valence-corrected chi connectivity index (χ1v) is 8.33. The van der Waals surface area contributed by atoms with Crippen molar-refractivity contribution in [1.82, 2.24) is 4.72 Å². The Morgan fingerprint density at radius 3 is 2.52 bits per heavy atom. The van der Waals surface area contributed by atoms with Crippen LogP contribution in [0.15, 0.2) is 45.8 Å². The minimum absolute atomic E-state index is 0.0319. The van der Waals surface area contributed by atoms with Gasteiger partial charge in [0.2, 0.25) is 10.0 Å². The molecule has 0 aliphatic carbocycles. The third-order valence-electron chi connectivity index (χ3n) is 2.66. The maximum atomic E-state index is 13.4. The molecule has 3 nitrogen and oxygen atoms in total. The SMILES string of the molecule is O=S(=O)(NCc1cc(F)ccc1F)c1ccc(Cl)c(Br)c1. The zero-order valence-electron chi connectivity index (χ0n) is 10.4. The molecule has 0 amide bonds. The average molecular weight is 397 g/mol. The Kier molecular flexibility index (Phi) is 4.98. The third kappa shape index (κ3) is 4.00. The van der Waals surface area contributed by atoms with Crippen LogP contribution in [-0.4, -0.2) is 8.42 Å². The summed E-state index contributed by atoms with van der Waals surface area (Å²) in [5.41, 5.74) is -0.0772. The zero-order valence-corrected chi connectivity index (χ0v) is 13.6. The van der Waals surface area contributed by atoms with Crippen LogP contribution in [0.3, 0.4) is 0 Å². The van der Waals surface area contributed by atoms with E-state index in [1.807, 2.05) is 0 Å². The molecule has 0 radical (unpaired) electrons. The van der Waals surface area contributed by atoms with Crippen LogP contribution in [0.25, 0.3) is 0 Å². The summed E-state index contributed by atoms with van der Waals surface area (Å²) in [5, 5.41) is 0.366. The molecular formula is C13H9BrClF2NO2S. The van der Waals surface area contributed by atoms with Crippen molar-refractivity contribution in [3.63, 3.8) is 0 Å². The van der Waals surface area contributed by atoms with Crippen LogP contribution in [0.2, 0.25) is 5.02 Å². The van der Waals surface area contributed by atoms with E-state index in [0.29, 0.717) is 9.50 Å². The number of sulfonamides is 1. The molecule has 0 atom stereocenters. The Labute approximate surface area is 134 Å². The quantitative estimate of drug-likeness (QED) is 0.853. The molecule has 0 bridgehead atoms. The van der Waals surface area contributed by atoms with Crippen molar-refractivity contribution in [2.45, 2.75) is 11.4 Å². The maximum Gasteiger partial charge on any atom is 0.240 e. The van der Waals surface area contributed by atoms with Gasteiger partial charge in [-0.1, -0.05) is 11.6 Å². The van der Waals surface area contributed by atoms with Gasteiger partial charge in [-0.2, -0.15) is 0 Å². The summed E-state index contributed by atoms with van der Waals surface area (Å²) in [6, 6.07) is 6.91. The Bertz CT molecular complexity index is 784. The van der Waals surface area contributed by atoms with Crippen molar-refractivity contribution in [1.29, 1.82) is 0 Å². The van der Waals surface area contributed by atoms with Crippen molar-refractivity contribution in [3.8, 4) is 0 Å². The minimum atomic E-state index is -3.86. The summed E-state index contributed by atoms with van der Waals surface area (Å²) >= 11 is 8.91. The smallest absolute Gasteiger partial charge is 0.207 e. The summed E-state index contributed by atoms with van der Waals surface area (Å²) < 4.78 is 53.2. The normalized spacial score (nSPS) is 11.6. The van der Waals surface area contributed by atoms with E-state index < -0.39 is 21.7 Å². The summed E-state index contributed by atoms with van der Waals surface area (Å²) in [6.45, 7) is -0.355. The lowest BCUT2D eigenvalue weighted by atomic mass is 10.2. The molecule has 0 saturated heterocycles. The second-order valence-corrected chi connectivity index (χ2v) is 7.16. The fourth-order valence-corrected chi connectivity index (χ4v) is 3.26. The minimum Gasteiger partial charge on any atom is -0.207 e. The molecule has 2 aromatic carbocycles. The van der Waals surface area contributed by atoms with Gasteiger partial charge >= 0.3 is 0 Å². The largest absolute Gasteiger partial charge is 0.240 e. The monoisotopic (exact) mass is 395 g/mol. The van der Waals surface area contributed by atoms with Crippen molar-refractivity contribution in [2.24, 2.45) is 0 Å². The third-order valence-corrected chi connectivity index (χ3v) is 5.27. The molecule has 112 valence electrons. The molecule has 0 spiro atoms. The topological polar surface area (TPSA) is 46.2 Å². The van der Waals surface area contributed by atoms with E-state index in [1.54, 1.807) is 0 Å². The summed E-state index contributed by atoms with van der Waals surface area (Å²) in [5.74, 6) is -1.32. The van der Waals surface area contributed by atoms with Gasteiger partial charge in [-0.25, -0.2) is 21.9 Å². The Morgan fingerprint density at radius 1 is 1.14 bits per heavy atom. The summed E-state index contributed by atoms with van der Waals surface area (Å²) in [4.78, 5) is -0.0319. The summed E-state index contributed by atoms with van der Waals surface area (Å²) in [6.07, 6.45) is 0. The highest BCUT2D eigenvalue weighted by Gasteiger charge is 2.16. The first-order valence-electron chi connectivity index (χ1n) is 5.68. The van der Waals surface area contributed by atoms with Crippen molar-refractivity contribution < 1.29 is 17.2 Å². The predicted molar refractivity (Wildman–Crippen MR) is 79.5 cm³/mol. The van der Waals surface area contributed by atoms with Crippen molar-refractivity contribution >= 4 is 37.6 Å². The second kappa shape index (κ2) is 6.39. The first kappa shape index (κ1) is 16.4. The highest BCUT2D eigenvalue weighted by Crippen LogP contribution is 2.25. The fourth-order valence-electron chi connectivity index (χ4n) is 1.58. The molecule has 0 aliphatic heterocycles. The second-order valence-electron chi connectivity index (χ2n) is 4.14. The van der Waals surface area contributed by atoms with Crippen LogP contribution in [0.5, 0.6) is 0 Å². The number of nitrogens with one attached hydrogen (secondary N) is 1. The highest BCUT2D eigenvalue weighted by atomic mass is 79.9. The van der Waals surface area contributed by atoms with Crippen LogP contribution < -0.4 is 4.72 Å². The lowest BCUT2D eigenvalue weighted by Crippen LogP contribution is -2.23. The molecule has 0 saturated carbocycles. The molecule has 0 aromatic heterocycles. The standard InChI is InChI=1S/C13H9BrClF2NO2S/c14-11-6-10(2-3-12(11)15)21(19,20)18-7-8-5-9(16)1-4-13(8)17/h1-6,18H,7H2. The van der Waals surface area contributed by atoms with Gasteiger partial charge in [0.1, 0.15) is 11.6 Å². The van der Waals surface area contributed by atoms with Crippen LogP contribution in [-0.2, 0) is 16.6 Å². The molecule has 0 heterocycles. The molecule has 2 aromatic rings. The molecule has 8 heteroatoms. The highest BCUT2D eigenvalue weighted by molar-refractivity contribution is 9.10. The van der Waals surface area contributed by atoms with Gasteiger partial charge in [-0.3, -0.25) is 0 Å². The Balaban J connectivity index is 2.21. The van der Waals surface area contributed by atoms with E-state index in [9.17, 15) is 17.2 Å².